The highest BCUT2D eigenvalue weighted by atomic mass is 16.4. The zero-order valence-electron chi connectivity index (χ0n) is 10.8. The molecular formula is C15H13NO4. The van der Waals surface area contributed by atoms with E-state index in [2.05, 4.69) is 0 Å². The highest BCUT2D eigenvalue weighted by Gasteiger charge is 2.18. The van der Waals surface area contributed by atoms with Crippen molar-refractivity contribution in [3.05, 3.63) is 64.1 Å². The van der Waals surface area contributed by atoms with E-state index in [4.69, 9.17) is 4.42 Å². The number of oxazole rings is 1. The van der Waals surface area contributed by atoms with Crippen molar-refractivity contribution in [3.63, 3.8) is 0 Å². The summed E-state index contributed by atoms with van der Waals surface area (Å²) in [6.45, 7) is 1.89. The number of phenolic OH excluding ortho intramolecular Hbond substituents is 1. The summed E-state index contributed by atoms with van der Waals surface area (Å²) in [5.74, 6) is -0.611. The second-order valence-corrected chi connectivity index (χ2v) is 4.68. The monoisotopic (exact) mass is 271 g/mol. The maximum absolute atomic E-state index is 11.9. The van der Waals surface area contributed by atoms with E-state index in [-0.39, 0.29) is 5.75 Å². The highest BCUT2D eigenvalue weighted by Crippen LogP contribution is 2.23. The number of aromatic nitrogens is 1. The molecule has 0 fully saturated rings. The van der Waals surface area contributed by atoms with Crippen molar-refractivity contribution in [2.24, 2.45) is 0 Å². The SMILES string of the molecule is Cc1ccc2oc(=O)n(C(O)c3cccc(O)c3)c2c1. The number of aliphatic hydroxyl groups excluding tert-OH is 1. The fraction of sp³-hybridized carbons (Fsp3) is 0.133. The minimum absolute atomic E-state index is 0.0265. The Bertz CT molecular complexity index is 831. The Balaban J connectivity index is 2.21. The van der Waals surface area contributed by atoms with Gasteiger partial charge in [0.1, 0.15) is 5.75 Å². The van der Waals surface area contributed by atoms with E-state index in [0.717, 1.165) is 10.1 Å². The van der Waals surface area contributed by atoms with Crippen LogP contribution in [-0.4, -0.2) is 14.8 Å². The van der Waals surface area contributed by atoms with Crippen LogP contribution in [0.2, 0.25) is 0 Å². The van der Waals surface area contributed by atoms with E-state index < -0.39 is 12.0 Å². The fourth-order valence-electron chi connectivity index (χ4n) is 2.21. The molecule has 3 rings (SSSR count). The third-order valence-electron chi connectivity index (χ3n) is 3.18. The zero-order chi connectivity index (χ0) is 14.3. The lowest BCUT2D eigenvalue weighted by Crippen LogP contribution is -2.21. The Hall–Kier alpha value is -2.53. The van der Waals surface area contributed by atoms with Gasteiger partial charge < -0.3 is 14.6 Å². The first-order chi connectivity index (χ1) is 9.56. The molecule has 0 aliphatic rings. The molecule has 1 unspecified atom stereocenters. The molecule has 5 heteroatoms. The quantitative estimate of drug-likeness (QED) is 0.748. The predicted octanol–water partition coefficient (Wildman–Crippen LogP) is 2.15. The van der Waals surface area contributed by atoms with Crippen molar-refractivity contribution < 1.29 is 14.6 Å². The van der Waals surface area contributed by atoms with Crippen molar-refractivity contribution in [2.45, 2.75) is 13.2 Å². The zero-order valence-corrected chi connectivity index (χ0v) is 10.8. The molecule has 1 aromatic heterocycles. The Morgan fingerprint density at radius 2 is 2.00 bits per heavy atom. The molecule has 0 amide bonds. The minimum atomic E-state index is -1.21. The van der Waals surface area contributed by atoms with Crippen molar-refractivity contribution in [1.82, 2.24) is 4.57 Å². The molecule has 0 bridgehead atoms. The molecule has 1 atom stereocenters. The van der Waals surface area contributed by atoms with Crippen molar-refractivity contribution in [3.8, 4) is 5.75 Å². The largest absolute Gasteiger partial charge is 0.508 e. The second kappa shape index (κ2) is 4.54. The lowest BCUT2D eigenvalue weighted by atomic mass is 10.1. The summed E-state index contributed by atoms with van der Waals surface area (Å²) < 4.78 is 6.28. The average molecular weight is 271 g/mol. The molecule has 2 N–H and O–H groups in total. The Labute approximate surface area is 114 Å². The molecule has 0 aliphatic heterocycles. The van der Waals surface area contributed by atoms with Gasteiger partial charge in [0.2, 0.25) is 0 Å². The molecule has 20 heavy (non-hydrogen) atoms. The molecule has 0 aliphatic carbocycles. The van der Waals surface area contributed by atoms with Crippen LogP contribution in [0.4, 0.5) is 0 Å². The fourth-order valence-corrected chi connectivity index (χ4v) is 2.21. The van der Waals surface area contributed by atoms with Crippen molar-refractivity contribution >= 4 is 11.1 Å². The highest BCUT2D eigenvalue weighted by molar-refractivity contribution is 5.74. The van der Waals surface area contributed by atoms with Crippen LogP contribution in [0.5, 0.6) is 5.75 Å². The number of nitrogens with zero attached hydrogens (tertiary/aromatic N) is 1. The van der Waals surface area contributed by atoms with Crippen LogP contribution in [0.1, 0.15) is 17.4 Å². The summed E-state index contributed by atoms with van der Waals surface area (Å²) in [6.07, 6.45) is -1.21. The number of phenols is 1. The van der Waals surface area contributed by atoms with Gasteiger partial charge in [-0.3, -0.25) is 0 Å². The number of hydrogen-bond acceptors (Lipinski definition) is 4. The number of hydrogen-bond donors (Lipinski definition) is 2. The minimum Gasteiger partial charge on any atom is -0.508 e. The first-order valence-corrected chi connectivity index (χ1v) is 6.15. The lowest BCUT2D eigenvalue weighted by molar-refractivity contribution is 0.141. The smallest absolute Gasteiger partial charge is 0.422 e. The van der Waals surface area contributed by atoms with Crippen LogP contribution in [0, 0.1) is 6.92 Å². The summed E-state index contributed by atoms with van der Waals surface area (Å²) >= 11 is 0. The maximum Gasteiger partial charge on any atom is 0.422 e. The number of fused-ring (bicyclic) bond motifs is 1. The van der Waals surface area contributed by atoms with Crippen LogP contribution in [-0.2, 0) is 0 Å². The van der Waals surface area contributed by atoms with E-state index in [9.17, 15) is 15.0 Å². The third kappa shape index (κ3) is 1.98. The topological polar surface area (TPSA) is 75.6 Å². The van der Waals surface area contributed by atoms with Gasteiger partial charge in [-0.15, -0.1) is 0 Å². The van der Waals surface area contributed by atoms with Gasteiger partial charge in [0.25, 0.3) is 0 Å². The van der Waals surface area contributed by atoms with Gasteiger partial charge in [0.05, 0.1) is 5.52 Å². The van der Waals surface area contributed by atoms with Gasteiger partial charge in [0.15, 0.2) is 11.8 Å². The first kappa shape index (κ1) is 12.5. The summed E-state index contributed by atoms with van der Waals surface area (Å²) in [7, 11) is 0. The number of aryl methyl sites for hydroxylation is 1. The number of aliphatic hydroxyl groups is 1. The molecular weight excluding hydrogens is 258 g/mol. The lowest BCUT2D eigenvalue weighted by Gasteiger charge is -2.12. The van der Waals surface area contributed by atoms with Crippen molar-refractivity contribution in [2.75, 3.05) is 0 Å². The van der Waals surface area contributed by atoms with Gasteiger partial charge >= 0.3 is 5.76 Å². The number of rotatable bonds is 2. The van der Waals surface area contributed by atoms with Gasteiger partial charge in [-0.05, 0) is 36.8 Å². The van der Waals surface area contributed by atoms with E-state index in [1.165, 1.54) is 12.1 Å². The number of benzene rings is 2. The Morgan fingerprint density at radius 1 is 1.20 bits per heavy atom. The maximum atomic E-state index is 11.9. The predicted molar refractivity (Wildman–Crippen MR) is 73.7 cm³/mol. The van der Waals surface area contributed by atoms with Crippen molar-refractivity contribution in [1.29, 1.82) is 0 Å². The van der Waals surface area contributed by atoms with Crippen LogP contribution in [0.3, 0.4) is 0 Å². The summed E-state index contributed by atoms with van der Waals surface area (Å²) in [5.41, 5.74) is 2.30. The van der Waals surface area contributed by atoms with Crippen LogP contribution < -0.4 is 5.76 Å². The van der Waals surface area contributed by atoms with Crippen LogP contribution in [0.25, 0.3) is 11.1 Å². The van der Waals surface area contributed by atoms with E-state index >= 15 is 0 Å². The standard InChI is InChI=1S/C15H13NO4/c1-9-5-6-13-12(7-9)16(15(19)20-13)14(18)10-3-2-4-11(17)8-10/h2-8,14,17-18H,1H3. The molecule has 2 aromatic carbocycles. The van der Waals surface area contributed by atoms with E-state index in [0.29, 0.717) is 16.7 Å². The third-order valence-corrected chi connectivity index (χ3v) is 3.18. The molecule has 0 spiro atoms. The van der Waals surface area contributed by atoms with E-state index in [1.54, 1.807) is 24.3 Å². The number of aromatic hydroxyl groups is 1. The van der Waals surface area contributed by atoms with Gasteiger partial charge in [-0.25, -0.2) is 9.36 Å². The molecule has 1 heterocycles. The van der Waals surface area contributed by atoms with Gasteiger partial charge in [-0.2, -0.15) is 0 Å². The summed E-state index contributed by atoms with van der Waals surface area (Å²) in [5, 5.41) is 19.8. The molecule has 0 radical (unpaired) electrons. The Morgan fingerprint density at radius 3 is 2.75 bits per heavy atom. The summed E-state index contributed by atoms with van der Waals surface area (Å²) in [4.78, 5) is 11.9. The molecule has 0 saturated carbocycles. The normalized spacial score (nSPS) is 12.7. The van der Waals surface area contributed by atoms with Crippen LogP contribution >= 0.6 is 0 Å². The summed E-state index contributed by atoms with van der Waals surface area (Å²) in [6, 6.07) is 11.4. The molecule has 0 saturated heterocycles. The Kier molecular flexibility index (Phi) is 2.84. The van der Waals surface area contributed by atoms with Gasteiger partial charge in [-0.1, -0.05) is 18.2 Å². The van der Waals surface area contributed by atoms with E-state index in [1.807, 2.05) is 13.0 Å². The van der Waals surface area contributed by atoms with Crippen LogP contribution in [0.15, 0.2) is 51.7 Å². The average Bonchev–Trinajstić information content (AvgIpc) is 2.73. The second-order valence-electron chi connectivity index (χ2n) is 4.68. The first-order valence-electron chi connectivity index (χ1n) is 6.15. The van der Waals surface area contributed by atoms with Gasteiger partial charge in [0, 0.05) is 5.56 Å². The molecule has 102 valence electrons. The molecule has 5 nitrogen and oxygen atoms in total. The molecule has 3 aromatic rings.